The summed E-state index contributed by atoms with van der Waals surface area (Å²) in [6.45, 7) is 3.56. The number of nitrogens with zero attached hydrogens (tertiary/aromatic N) is 1. The lowest BCUT2D eigenvalue weighted by molar-refractivity contribution is -0.160. The molecule has 4 unspecified atom stereocenters. The van der Waals surface area contributed by atoms with E-state index in [-0.39, 0.29) is 18.5 Å². The number of piperidine rings is 1. The maximum absolute atomic E-state index is 12.1. The second-order valence-corrected chi connectivity index (χ2v) is 7.43. The Morgan fingerprint density at radius 3 is 2.71 bits per heavy atom. The Bertz CT molecular complexity index is 608. The Balaban J connectivity index is 0.000000345. The Morgan fingerprint density at radius 1 is 1.36 bits per heavy atom. The molecule has 2 heterocycles. The number of esters is 2. The molecule has 4 atom stereocenters. The predicted molar refractivity (Wildman–Crippen MR) is 107 cm³/mol. The highest BCUT2D eigenvalue weighted by Crippen LogP contribution is 2.68. The third-order valence-electron chi connectivity index (χ3n) is 5.72. The third-order valence-corrected chi connectivity index (χ3v) is 5.72. The van der Waals surface area contributed by atoms with Crippen LogP contribution in [0.15, 0.2) is 5.10 Å². The average molecular weight is 390 g/mol. The summed E-state index contributed by atoms with van der Waals surface area (Å²) in [6, 6.07) is -0.431. The van der Waals surface area contributed by atoms with Crippen LogP contribution < -0.4 is 22.4 Å². The van der Waals surface area contributed by atoms with Crippen LogP contribution in [0.2, 0.25) is 5.31 Å². The van der Waals surface area contributed by atoms with Crippen molar-refractivity contribution in [2.24, 2.45) is 22.6 Å². The third kappa shape index (κ3) is 5.00. The van der Waals surface area contributed by atoms with Crippen molar-refractivity contribution in [3.05, 3.63) is 0 Å². The number of rotatable bonds is 6. The van der Waals surface area contributed by atoms with Gasteiger partial charge in [-0.2, -0.15) is 5.10 Å². The van der Waals surface area contributed by atoms with Gasteiger partial charge in [-0.3, -0.25) is 4.79 Å². The van der Waals surface area contributed by atoms with Gasteiger partial charge in [-0.15, -0.1) is 0 Å². The molecule has 28 heavy (non-hydrogen) atoms. The van der Waals surface area contributed by atoms with Gasteiger partial charge in [-0.1, -0.05) is 37.9 Å². The molecule has 1 spiro atoms. The van der Waals surface area contributed by atoms with Gasteiger partial charge >= 0.3 is 11.9 Å². The van der Waals surface area contributed by atoms with E-state index >= 15 is 0 Å². The zero-order valence-electron chi connectivity index (χ0n) is 16.7. The van der Waals surface area contributed by atoms with Crippen LogP contribution in [0.3, 0.4) is 0 Å². The summed E-state index contributed by atoms with van der Waals surface area (Å²) < 4.78 is 9.79. The smallest absolute Gasteiger partial charge is 0.344 e. The molecule has 2 aliphatic heterocycles. The minimum atomic E-state index is -0.538. The minimum absolute atomic E-state index is 0.0726. The lowest BCUT2D eigenvalue weighted by Crippen LogP contribution is -2.54. The maximum Gasteiger partial charge on any atom is 0.344 e. The fourth-order valence-electron chi connectivity index (χ4n) is 4.26. The number of hydrazine groups is 1. The number of hydrogen-bond acceptors (Lipinski definition) is 8. The van der Waals surface area contributed by atoms with Crippen LogP contribution in [0.4, 0.5) is 0 Å². The number of nitrogens with two attached hydrogens (primary N) is 2. The second kappa shape index (κ2) is 9.65. The summed E-state index contributed by atoms with van der Waals surface area (Å²) in [6.07, 6.45) is 6.07. The summed E-state index contributed by atoms with van der Waals surface area (Å²) in [5.41, 5.74) is 7.27. The van der Waals surface area contributed by atoms with Crippen LogP contribution in [0.1, 0.15) is 52.4 Å². The molecular formula is C17H30B2N5O4. The molecule has 0 aromatic carbocycles. The topological polar surface area (TPSA) is 141 Å². The van der Waals surface area contributed by atoms with Gasteiger partial charge in [0.25, 0.3) is 0 Å². The number of amidine groups is 1. The van der Waals surface area contributed by atoms with E-state index in [9.17, 15) is 9.59 Å². The molecule has 0 aromatic heterocycles. The van der Waals surface area contributed by atoms with E-state index in [2.05, 4.69) is 23.2 Å². The lowest BCUT2D eigenvalue weighted by atomic mass is 9.63. The molecule has 0 amide bonds. The molecule has 3 rings (SSSR count). The highest BCUT2D eigenvalue weighted by atomic mass is 16.6. The van der Waals surface area contributed by atoms with Crippen molar-refractivity contribution in [2.45, 2.75) is 69.1 Å². The summed E-state index contributed by atoms with van der Waals surface area (Å²) in [5.74, 6) is 4.82. The van der Waals surface area contributed by atoms with Crippen molar-refractivity contribution in [3.8, 4) is 0 Å². The first-order valence-corrected chi connectivity index (χ1v) is 9.85. The first-order chi connectivity index (χ1) is 13.3. The zero-order chi connectivity index (χ0) is 20.8. The Hall–Kier alpha value is -1.74. The normalized spacial score (nSPS) is 33.0. The number of nitrogens with one attached hydrogen (secondary N) is 2. The van der Waals surface area contributed by atoms with E-state index < -0.39 is 23.3 Å². The fraction of sp³-hybridized carbons (Fsp3) is 0.824. The number of carbonyl (C=O) groups excluding carboxylic acids is 2. The van der Waals surface area contributed by atoms with E-state index in [4.69, 9.17) is 28.9 Å². The molecule has 1 saturated carbocycles. The quantitative estimate of drug-likeness (QED) is 0.119. The SMILES string of the molecule is CC/C(N)=N/NN.[B]C12[B]C13CCCCC3CC(C(=O)OCC(=O)OCC)N2. The molecule has 153 valence electrons. The number of carbonyl (C=O) groups is 2. The highest BCUT2D eigenvalue weighted by molar-refractivity contribution is 6.72. The molecule has 9 nitrogen and oxygen atoms in total. The monoisotopic (exact) mass is 390 g/mol. The van der Waals surface area contributed by atoms with Gasteiger partial charge in [0.05, 0.1) is 14.5 Å². The lowest BCUT2D eigenvalue weighted by Gasteiger charge is -2.44. The molecule has 1 aliphatic carbocycles. The Kier molecular flexibility index (Phi) is 7.77. The molecular weight excluding hydrogens is 360 g/mol. The van der Waals surface area contributed by atoms with Crippen molar-refractivity contribution in [1.82, 2.24) is 10.9 Å². The van der Waals surface area contributed by atoms with Gasteiger partial charge < -0.3 is 20.5 Å². The van der Waals surface area contributed by atoms with Crippen LogP contribution in [0, 0.1) is 5.92 Å². The largest absolute Gasteiger partial charge is 0.463 e. The zero-order valence-corrected chi connectivity index (χ0v) is 16.7. The van der Waals surface area contributed by atoms with Crippen LogP contribution in [0.5, 0.6) is 0 Å². The van der Waals surface area contributed by atoms with E-state index in [1.807, 2.05) is 6.92 Å². The van der Waals surface area contributed by atoms with Crippen LogP contribution >= 0.6 is 0 Å². The van der Waals surface area contributed by atoms with Gasteiger partial charge in [-0.05, 0) is 24.6 Å². The standard InChI is InChI=1S/C14H20B2NO4.C3H10N4/c1-2-20-11(18)8-21-12(19)10-7-9-5-3-4-6-13(9)14(15,16-13)17-10;1-2-3(4)6-7-5/h9-10,17H,2-8H2,1H3;7H,2,5H2,1H3,(H2,4,6). The molecule has 3 fully saturated rings. The van der Waals surface area contributed by atoms with Crippen LogP contribution in [-0.2, 0) is 19.1 Å². The van der Waals surface area contributed by atoms with Gasteiger partial charge in [-0.25, -0.2) is 16.2 Å². The summed E-state index contributed by atoms with van der Waals surface area (Å²) in [5, 5.41) is 6.21. The van der Waals surface area contributed by atoms with Gasteiger partial charge in [0.2, 0.25) is 0 Å². The van der Waals surface area contributed by atoms with Crippen LogP contribution in [-0.4, -0.2) is 57.5 Å². The predicted octanol–water partition coefficient (Wildman–Crippen LogP) is -0.524. The first kappa shape index (κ1) is 22.5. The molecule has 0 bridgehead atoms. The van der Waals surface area contributed by atoms with E-state index in [1.54, 1.807) is 6.92 Å². The van der Waals surface area contributed by atoms with Gasteiger partial charge in [0.15, 0.2) is 6.61 Å². The Morgan fingerprint density at radius 2 is 2.11 bits per heavy atom. The molecule has 0 aromatic rings. The molecule has 11 heteroatoms. The number of hydrogen-bond donors (Lipinski definition) is 4. The molecule has 3 aliphatic rings. The Labute approximate surface area is 168 Å². The van der Waals surface area contributed by atoms with Crippen molar-refractivity contribution in [1.29, 1.82) is 0 Å². The van der Waals surface area contributed by atoms with Crippen molar-refractivity contribution in [2.75, 3.05) is 13.2 Å². The maximum atomic E-state index is 12.1. The van der Waals surface area contributed by atoms with Gasteiger partial charge in [0.1, 0.15) is 19.2 Å². The van der Waals surface area contributed by atoms with Crippen molar-refractivity contribution < 1.29 is 19.1 Å². The summed E-state index contributed by atoms with van der Waals surface area (Å²) in [7, 11) is 8.52. The van der Waals surface area contributed by atoms with E-state index in [1.165, 1.54) is 12.8 Å². The number of hydrazone groups is 1. The fourth-order valence-corrected chi connectivity index (χ4v) is 4.26. The van der Waals surface area contributed by atoms with Crippen molar-refractivity contribution in [3.63, 3.8) is 0 Å². The average Bonchev–Trinajstić information content (AvgIpc) is 3.29. The highest BCUT2D eigenvalue weighted by Gasteiger charge is 2.70. The summed E-state index contributed by atoms with van der Waals surface area (Å²) >= 11 is 0. The molecule has 6 N–H and O–H groups in total. The molecule has 2 saturated heterocycles. The second-order valence-electron chi connectivity index (χ2n) is 7.43. The van der Waals surface area contributed by atoms with E-state index in [0.29, 0.717) is 11.8 Å². The van der Waals surface area contributed by atoms with Crippen LogP contribution in [0.25, 0.3) is 0 Å². The van der Waals surface area contributed by atoms with Crippen molar-refractivity contribution >= 4 is 32.9 Å². The summed E-state index contributed by atoms with van der Waals surface area (Å²) in [4.78, 5) is 23.4. The molecule has 3 radical (unpaired) electrons. The number of ether oxygens (including phenoxy) is 2. The first-order valence-electron chi connectivity index (χ1n) is 9.85. The van der Waals surface area contributed by atoms with Gasteiger partial charge in [0, 0.05) is 6.42 Å². The van der Waals surface area contributed by atoms with E-state index in [0.717, 1.165) is 25.7 Å². The minimum Gasteiger partial charge on any atom is -0.463 e.